The minimum Gasteiger partial charge on any atom is -0.480 e. The molecular weight excluding hydrogens is 790 g/mol. The summed E-state index contributed by atoms with van der Waals surface area (Å²) in [5.41, 5.74) is 5.37. The zero-order chi connectivity index (χ0) is 44.8. The average molecular weight is 884 g/mol. The largest absolute Gasteiger partial charge is 0.480 e. The van der Waals surface area contributed by atoms with Crippen LogP contribution < -0.4 is 5.73 Å². The standard InChI is InChI=1S/C50H94NO9P/c1-3-5-7-9-11-13-15-17-19-21-22-23-24-25-26-27-28-30-32-34-36-38-40-42-49(52)60-47(45-58-61(55,56)59-46-48(51)50(53)54)44-57-43-41-39-37-35-33-31-29-20-18-16-14-12-10-8-6-4-2/h6,8,12,14,18,20,47-48H,3-5,7,9-11,13,15-17,19,21-46,51H2,1-2H3,(H,53,54)(H,55,56)/b8-6-,14-12-,20-18-. The molecule has 0 aromatic heterocycles. The van der Waals surface area contributed by atoms with E-state index in [1.54, 1.807) is 0 Å². The Bertz CT molecular complexity index is 1110. The first kappa shape index (κ1) is 59.2. The van der Waals surface area contributed by atoms with Gasteiger partial charge in [0.15, 0.2) is 0 Å². The maximum atomic E-state index is 12.7. The van der Waals surface area contributed by atoms with E-state index in [9.17, 15) is 19.0 Å². The van der Waals surface area contributed by atoms with Crippen molar-refractivity contribution in [2.24, 2.45) is 5.73 Å². The lowest BCUT2D eigenvalue weighted by Gasteiger charge is -2.20. The number of carboxylic acids is 1. The van der Waals surface area contributed by atoms with Gasteiger partial charge in [0.2, 0.25) is 0 Å². The molecule has 0 aliphatic heterocycles. The van der Waals surface area contributed by atoms with Crippen molar-refractivity contribution in [2.45, 2.75) is 244 Å². The Balaban J connectivity index is 4.11. The predicted octanol–water partition coefficient (Wildman–Crippen LogP) is 14.4. The number of carbonyl (C=O) groups is 2. The normalized spacial score (nSPS) is 14.0. The first-order valence-electron chi connectivity index (χ1n) is 25.0. The fourth-order valence-corrected chi connectivity index (χ4v) is 7.87. The monoisotopic (exact) mass is 884 g/mol. The molecule has 61 heavy (non-hydrogen) atoms. The maximum Gasteiger partial charge on any atom is 0.472 e. The molecule has 0 radical (unpaired) electrons. The molecule has 0 spiro atoms. The van der Waals surface area contributed by atoms with Crippen LogP contribution in [0.1, 0.15) is 232 Å². The van der Waals surface area contributed by atoms with Crippen molar-refractivity contribution in [2.75, 3.05) is 26.4 Å². The summed E-state index contributed by atoms with van der Waals surface area (Å²) in [7, 11) is -4.62. The van der Waals surface area contributed by atoms with Crippen molar-refractivity contribution < 1.29 is 42.7 Å². The van der Waals surface area contributed by atoms with E-state index in [4.69, 9.17) is 29.4 Å². The minimum absolute atomic E-state index is 0.0107. The number of esters is 1. The maximum absolute atomic E-state index is 12.7. The summed E-state index contributed by atoms with van der Waals surface area (Å²) in [5, 5.41) is 8.92. The Morgan fingerprint density at radius 3 is 1.43 bits per heavy atom. The predicted molar refractivity (Wildman–Crippen MR) is 254 cm³/mol. The molecule has 358 valence electrons. The summed E-state index contributed by atoms with van der Waals surface area (Å²) in [5.74, 6) is -1.78. The lowest BCUT2D eigenvalue weighted by Crippen LogP contribution is -2.34. The van der Waals surface area contributed by atoms with Crippen LogP contribution in [0.3, 0.4) is 0 Å². The van der Waals surface area contributed by atoms with Crippen molar-refractivity contribution in [3.05, 3.63) is 36.5 Å². The third kappa shape index (κ3) is 46.0. The van der Waals surface area contributed by atoms with Gasteiger partial charge in [-0.25, -0.2) is 4.57 Å². The highest BCUT2D eigenvalue weighted by atomic mass is 31.2. The summed E-state index contributed by atoms with van der Waals surface area (Å²) in [4.78, 5) is 33.7. The third-order valence-electron chi connectivity index (χ3n) is 10.9. The van der Waals surface area contributed by atoms with Crippen LogP contribution in [0.5, 0.6) is 0 Å². The van der Waals surface area contributed by atoms with Crippen molar-refractivity contribution >= 4 is 19.8 Å². The van der Waals surface area contributed by atoms with Crippen LogP contribution in [0.15, 0.2) is 36.5 Å². The van der Waals surface area contributed by atoms with Gasteiger partial charge in [0.1, 0.15) is 12.1 Å². The molecule has 4 N–H and O–H groups in total. The van der Waals surface area contributed by atoms with Gasteiger partial charge in [-0.3, -0.25) is 18.6 Å². The number of unbranched alkanes of at least 4 members (excludes halogenated alkanes) is 28. The summed E-state index contributed by atoms with van der Waals surface area (Å²) in [6, 6.07) is -1.47. The number of hydrogen-bond acceptors (Lipinski definition) is 8. The van der Waals surface area contributed by atoms with Gasteiger partial charge in [-0.2, -0.15) is 0 Å². The second kappa shape index (κ2) is 46.2. The van der Waals surface area contributed by atoms with Gasteiger partial charge in [0, 0.05) is 13.0 Å². The van der Waals surface area contributed by atoms with Crippen LogP contribution in [0, 0.1) is 0 Å². The molecule has 3 atom stereocenters. The van der Waals surface area contributed by atoms with Crippen LogP contribution in [0.2, 0.25) is 0 Å². The number of carboxylic acid groups (broad SMARTS) is 1. The fourth-order valence-electron chi connectivity index (χ4n) is 7.09. The highest BCUT2D eigenvalue weighted by molar-refractivity contribution is 7.47. The van der Waals surface area contributed by atoms with Crippen LogP contribution in [0.4, 0.5) is 0 Å². The summed E-state index contributed by atoms with van der Waals surface area (Å²) < 4.78 is 33.5. The van der Waals surface area contributed by atoms with E-state index < -0.39 is 45.1 Å². The average Bonchev–Trinajstić information content (AvgIpc) is 3.24. The Hall–Kier alpha value is -1.81. The number of allylic oxidation sites excluding steroid dienone is 6. The van der Waals surface area contributed by atoms with E-state index in [2.05, 4.69) is 50.3 Å². The molecule has 0 saturated heterocycles. The van der Waals surface area contributed by atoms with E-state index in [0.717, 1.165) is 57.8 Å². The highest BCUT2D eigenvalue weighted by Crippen LogP contribution is 2.43. The Labute approximate surface area is 374 Å². The van der Waals surface area contributed by atoms with Crippen LogP contribution >= 0.6 is 7.82 Å². The smallest absolute Gasteiger partial charge is 0.472 e. The van der Waals surface area contributed by atoms with Gasteiger partial charge < -0.3 is 25.2 Å². The quantitative estimate of drug-likeness (QED) is 0.0233. The van der Waals surface area contributed by atoms with Crippen molar-refractivity contribution in [3.63, 3.8) is 0 Å². The molecule has 0 aromatic rings. The number of phosphoric acid groups is 1. The molecule has 0 aromatic carbocycles. The number of carbonyl (C=O) groups excluding carboxylic acids is 1. The molecule has 0 bridgehead atoms. The summed E-state index contributed by atoms with van der Waals surface area (Å²) >= 11 is 0. The minimum atomic E-state index is -4.62. The van der Waals surface area contributed by atoms with E-state index in [-0.39, 0.29) is 13.0 Å². The van der Waals surface area contributed by atoms with E-state index >= 15 is 0 Å². The summed E-state index contributed by atoms with van der Waals surface area (Å²) in [6.45, 7) is 3.78. The molecule has 10 nitrogen and oxygen atoms in total. The van der Waals surface area contributed by atoms with Gasteiger partial charge in [-0.1, -0.05) is 217 Å². The van der Waals surface area contributed by atoms with Gasteiger partial charge in [0.05, 0.1) is 19.8 Å². The highest BCUT2D eigenvalue weighted by Gasteiger charge is 2.27. The number of rotatable bonds is 48. The Morgan fingerprint density at radius 1 is 0.541 bits per heavy atom. The Morgan fingerprint density at radius 2 is 0.951 bits per heavy atom. The van der Waals surface area contributed by atoms with E-state index in [1.165, 1.54) is 148 Å². The van der Waals surface area contributed by atoms with Gasteiger partial charge in [0.25, 0.3) is 0 Å². The number of phosphoric ester groups is 1. The second-order valence-electron chi connectivity index (χ2n) is 16.9. The molecule has 0 amide bonds. The van der Waals surface area contributed by atoms with Gasteiger partial charge in [-0.15, -0.1) is 0 Å². The molecule has 0 saturated carbocycles. The van der Waals surface area contributed by atoms with E-state index in [1.807, 2.05) is 0 Å². The lowest BCUT2D eigenvalue weighted by atomic mass is 10.0. The first-order valence-corrected chi connectivity index (χ1v) is 26.5. The molecule has 0 aliphatic rings. The van der Waals surface area contributed by atoms with Gasteiger partial charge >= 0.3 is 19.8 Å². The molecule has 0 aliphatic carbocycles. The lowest BCUT2D eigenvalue weighted by molar-refractivity contribution is -0.154. The van der Waals surface area contributed by atoms with Crippen molar-refractivity contribution in [1.29, 1.82) is 0 Å². The number of aliphatic carboxylic acids is 1. The molecule has 0 heterocycles. The molecule has 11 heteroatoms. The molecule has 0 fully saturated rings. The zero-order valence-corrected chi connectivity index (χ0v) is 40.2. The number of hydrogen-bond donors (Lipinski definition) is 3. The molecule has 0 rings (SSSR count). The van der Waals surface area contributed by atoms with Crippen molar-refractivity contribution in [3.8, 4) is 0 Å². The van der Waals surface area contributed by atoms with Crippen LogP contribution in [-0.2, 0) is 32.7 Å². The van der Waals surface area contributed by atoms with E-state index in [0.29, 0.717) is 13.0 Å². The topological polar surface area (TPSA) is 155 Å². The van der Waals surface area contributed by atoms with Crippen LogP contribution in [-0.4, -0.2) is 60.5 Å². The van der Waals surface area contributed by atoms with Crippen molar-refractivity contribution in [1.82, 2.24) is 0 Å². The number of ether oxygens (including phenoxy) is 2. The summed E-state index contributed by atoms with van der Waals surface area (Å²) in [6.07, 6.45) is 53.5. The molecular formula is C50H94NO9P. The fraction of sp³-hybridized carbons (Fsp3) is 0.840. The zero-order valence-electron chi connectivity index (χ0n) is 39.3. The van der Waals surface area contributed by atoms with Gasteiger partial charge in [-0.05, 0) is 44.9 Å². The number of nitrogens with two attached hydrogens (primary N) is 1. The SMILES string of the molecule is CC/C=C\C/C=C\C/C=C\CCCCCCCCOCC(COP(=O)(O)OCC(N)C(=O)O)OC(=O)CCCCCCCCCCCCCCCCCCCCCCCCC. The second-order valence-corrected chi connectivity index (χ2v) is 18.4. The first-order chi connectivity index (χ1) is 29.7. The third-order valence-corrected chi connectivity index (χ3v) is 11.9. The Kier molecular flexibility index (Phi) is 44.8. The van der Waals surface area contributed by atoms with Crippen LogP contribution in [0.25, 0.3) is 0 Å². The molecule has 3 unspecified atom stereocenters.